The molecule has 0 spiro atoms. The molecule has 3 N–H and O–H groups in total. The van der Waals surface area contributed by atoms with E-state index in [-0.39, 0.29) is 16.4 Å². The number of benzene rings is 3. The lowest BCUT2D eigenvalue weighted by molar-refractivity contribution is 0.102. The third-order valence-electron chi connectivity index (χ3n) is 4.92. The molecule has 0 radical (unpaired) electrons. The summed E-state index contributed by atoms with van der Waals surface area (Å²) in [5, 5.41) is 6.16. The van der Waals surface area contributed by atoms with Crippen LogP contribution in [-0.2, 0) is 16.6 Å². The Morgan fingerprint density at radius 3 is 2.49 bits per heavy atom. The van der Waals surface area contributed by atoms with Gasteiger partial charge in [-0.15, -0.1) is 0 Å². The zero-order valence-corrected chi connectivity index (χ0v) is 19.8. The molecule has 10 heteroatoms. The van der Waals surface area contributed by atoms with Crippen LogP contribution in [0.3, 0.4) is 0 Å². The van der Waals surface area contributed by atoms with E-state index >= 15 is 0 Å². The van der Waals surface area contributed by atoms with E-state index in [0.29, 0.717) is 17.8 Å². The van der Waals surface area contributed by atoms with Gasteiger partial charge in [0.2, 0.25) is 0 Å². The summed E-state index contributed by atoms with van der Waals surface area (Å²) in [5.41, 5.74) is 2.03. The number of rotatable bonds is 8. The van der Waals surface area contributed by atoms with Gasteiger partial charge in [0.15, 0.2) is 0 Å². The number of aromatic nitrogens is 1. The van der Waals surface area contributed by atoms with Crippen molar-refractivity contribution in [3.05, 3.63) is 113 Å². The first-order valence-electron chi connectivity index (χ1n) is 10.4. The zero-order valence-electron chi connectivity index (χ0n) is 18.2. The molecule has 1 heterocycles. The predicted molar refractivity (Wildman–Crippen MR) is 135 cm³/mol. The molecular formula is C25H20ClFN4O3S. The molecule has 0 saturated carbocycles. The third-order valence-corrected chi connectivity index (χ3v) is 6.56. The maximum atomic E-state index is 14.1. The lowest BCUT2D eigenvalue weighted by Gasteiger charge is -2.15. The normalized spacial score (nSPS) is 11.0. The topological polar surface area (TPSA) is 100 Å². The first-order chi connectivity index (χ1) is 16.8. The second-order valence-electron chi connectivity index (χ2n) is 7.44. The van der Waals surface area contributed by atoms with E-state index in [0.717, 1.165) is 17.8 Å². The quantitative estimate of drug-likeness (QED) is 0.289. The van der Waals surface area contributed by atoms with Crippen molar-refractivity contribution < 1.29 is 17.6 Å². The number of sulfonamides is 1. The fourth-order valence-corrected chi connectivity index (χ4v) is 4.56. The van der Waals surface area contributed by atoms with Crippen molar-refractivity contribution in [2.24, 2.45) is 0 Å². The molecule has 4 aromatic rings. The van der Waals surface area contributed by atoms with Crippen molar-refractivity contribution in [2.45, 2.75) is 11.4 Å². The van der Waals surface area contributed by atoms with E-state index in [2.05, 4.69) is 20.3 Å². The van der Waals surface area contributed by atoms with Crippen LogP contribution in [0.4, 0.5) is 21.5 Å². The molecule has 0 unspecified atom stereocenters. The molecule has 35 heavy (non-hydrogen) atoms. The Labute approximate surface area is 207 Å². The van der Waals surface area contributed by atoms with Crippen LogP contribution in [0.15, 0.2) is 96.0 Å². The van der Waals surface area contributed by atoms with Gasteiger partial charge < -0.3 is 10.6 Å². The number of halogens is 2. The Bertz CT molecular complexity index is 1470. The van der Waals surface area contributed by atoms with Crippen LogP contribution in [0, 0.1) is 5.82 Å². The molecule has 4 rings (SSSR count). The largest absolute Gasteiger partial charge is 0.379 e. The van der Waals surface area contributed by atoms with E-state index in [1.54, 1.807) is 24.4 Å². The molecule has 0 saturated heterocycles. The summed E-state index contributed by atoms with van der Waals surface area (Å²) in [6, 6.07) is 21.7. The molecule has 0 aliphatic carbocycles. The van der Waals surface area contributed by atoms with Gasteiger partial charge in [0.1, 0.15) is 10.7 Å². The molecule has 3 aromatic carbocycles. The third kappa shape index (κ3) is 6.14. The highest BCUT2D eigenvalue weighted by molar-refractivity contribution is 7.92. The molecule has 0 atom stereocenters. The summed E-state index contributed by atoms with van der Waals surface area (Å²) in [6.07, 6.45) is 1.70. The smallest absolute Gasteiger partial charge is 0.264 e. The Kier molecular flexibility index (Phi) is 7.28. The summed E-state index contributed by atoms with van der Waals surface area (Å²) in [7, 11) is -4.26. The lowest BCUT2D eigenvalue weighted by Crippen LogP contribution is -2.18. The second kappa shape index (κ2) is 10.5. The van der Waals surface area contributed by atoms with E-state index in [1.165, 1.54) is 30.3 Å². The summed E-state index contributed by atoms with van der Waals surface area (Å²) >= 11 is 6.08. The van der Waals surface area contributed by atoms with Gasteiger partial charge in [-0.05, 0) is 60.7 Å². The van der Waals surface area contributed by atoms with Gasteiger partial charge in [-0.2, -0.15) is 0 Å². The molecule has 0 fully saturated rings. The first-order valence-corrected chi connectivity index (χ1v) is 12.3. The van der Waals surface area contributed by atoms with E-state index in [1.807, 2.05) is 24.3 Å². The minimum absolute atomic E-state index is 0.0374. The van der Waals surface area contributed by atoms with E-state index in [4.69, 9.17) is 11.6 Å². The standard InChI is InChI=1S/C25H20ClFN4O3S/c26-18-11-12-22(31-35(33,34)24-10-2-1-9-21(24)27)23(15-18)30-25(32)17-6-5-8-19(14-17)29-16-20-7-3-4-13-28-20/h1-15,29,31H,16H2,(H,30,32). The van der Waals surface area contributed by atoms with E-state index < -0.39 is 26.6 Å². The average molecular weight is 511 g/mol. The SMILES string of the molecule is O=C(Nc1cc(Cl)ccc1NS(=O)(=O)c1ccccc1F)c1cccc(NCc2ccccn2)c1. The minimum atomic E-state index is -4.26. The van der Waals surface area contributed by atoms with Gasteiger partial charge in [0, 0.05) is 22.5 Å². The Balaban J connectivity index is 1.53. The number of nitrogens with zero attached hydrogens (tertiary/aromatic N) is 1. The number of carbonyl (C=O) groups is 1. The summed E-state index contributed by atoms with van der Waals surface area (Å²) < 4.78 is 41.9. The molecular weight excluding hydrogens is 491 g/mol. The number of amides is 1. The van der Waals surface area contributed by atoms with Crippen molar-refractivity contribution in [3.8, 4) is 0 Å². The van der Waals surface area contributed by atoms with Crippen LogP contribution >= 0.6 is 11.6 Å². The van der Waals surface area contributed by atoms with Gasteiger partial charge in [-0.1, -0.05) is 35.9 Å². The van der Waals surface area contributed by atoms with Crippen molar-refractivity contribution in [2.75, 3.05) is 15.4 Å². The predicted octanol–water partition coefficient (Wildman–Crippen LogP) is 5.54. The van der Waals surface area contributed by atoms with Crippen LogP contribution < -0.4 is 15.4 Å². The Morgan fingerprint density at radius 2 is 1.71 bits per heavy atom. The highest BCUT2D eigenvalue weighted by atomic mass is 35.5. The molecule has 178 valence electrons. The van der Waals surface area contributed by atoms with E-state index in [9.17, 15) is 17.6 Å². The van der Waals surface area contributed by atoms with Crippen LogP contribution in [0.25, 0.3) is 0 Å². The van der Waals surface area contributed by atoms with Gasteiger partial charge in [0.25, 0.3) is 15.9 Å². The fourth-order valence-electron chi connectivity index (χ4n) is 3.23. The minimum Gasteiger partial charge on any atom is -0.379 e. The van der Waals surface area contributed by atoms with Gasteiger partial charge >= 0.3 is 0 Å². The van der Waals surface area contributed by atoms with Gasteiger partial charge in [0.05, 0.1) is 23.6 Å². The van der Waals surface area contributed by atoms with Crippen molar-refractivity contribution >= 4 is 44.6 Å². The average Bonchev–Trinajstić information content (AvgIpc) is 2.85. The number of hydrogen-bond acceptors (Lipinski definition) is 5. The molecule has 0 aliphatic heterocycles. The number of hydrogen-bond donors (Lipinski definition) is 3. The Hall–Kier alpha value is -3.95. The fraction of sp³-hybridized carbons (Fsp3) is 0.0400. The van der Waals surface area contributed by atoms with Crippen LogP contribution in [0.1, 0.15) is 16.1 Å². The van der Waals surface area contributed by atoms with Gasteiger partial charge in [-0.3, -0.25) is 14.5 Å². The monoisotopic (exact) mass is 510 g/mol. The number of pyridine rings is 1. The zero-order chi connectivity index (χ0) is 24.8. The van der Waals surface area contributed by atoms with Crippen molar-refractivity contribution in [1.29, 1.82) is 0 Å². The number of anilines is 3. The summed E-state index contributed by atoms with van der Waals surface area (Å²) in [4.78, 5) is 16.7. The van der Waals surface area contributed by atoms with Crippen molar-refractivity contribution in [1.82, 2.24) is 4.98 Å². The summed E-state index contributed by atoms with van der Waals surface area (Å²) in [5.74, 6) is -1.38. The first kappa shape index (κ1) is 24.2. The van der Waals surface area contributed by atoms with Crippen molar-refractivity contribution in [3.63, 3.8) is 0 Å². The second-order valence-corrected chi connectivity index (χ2v) is 9.52. The highest BCUT2D eigenvalue weighted by Gasteiger charge is 2.21. The van der Waals surface area contributed by atoms with Gasteiger partial charge in [-0.25, -0.2) is 12.8 Å². The maximum Gasteiger partial charge on any atom is 0.264 e. The van der Waals surface area contributed by atoms with Crippen LogP contribution in [0.5, 0.6) is 0 Å². The molecule has 0 bridgehead atoms. The van der Waals surface area contributed by atoms with Crippen LogP contribution in [-0.4, -0.2) is 19.3 Å². The number of nitrogens with one attached hydrogen (secondary N) is 3. The lowest BCUT2D eigenvalue weighted by atomic mass is 10.1. The number of carbonyl (C=O) groups excluding carboxylic acids is 1. The molecule has 1 aromatic heterocycles. The molecule has 0 aliphatic rings. The molecule has 1 amide bonds. The Morgan fingerprint density at radius 1 is 0.914 bits per heavy atom. The summed E-state index contributed by atoms with van der Waals surface area (Å²) in [6.45, 7) is 0.474. The van der Waals surface area contributed by atoms with Crippen LogP contribution in [0.2, 0.25) is 5.02 Å². The molecule has 7 nitrogen and oxygen atoms in total. The maximum absolute atomic E-state index is 14.1. The highest BCUT2D eigenvalue weighted by Crippen LogP contribution is 2.29.